The first kappa shape index (κ1) is 13.8. The van der Waals surface area contributed by atoms with Crippen LogP contribution in [0.4, 0.5) is 0 Å². The van der Waals surface area contributed by atoms with Gasteiger partial charge in [0.2, 0.25) is 5.76 Å². The van der Waals surface area contributed by atoms with Gasteiger partial charge >= 0.3 is 5.97 Å². The largest absolute Gasteiger partial charge is 0.475 e. The zero-order valence-corrected chi connectivity index (χ0v) is 11.0. The molecule has 4 heteroatoms. The number of nitrogens with one attached hydrogen (secondary N) is 1. The van der Waals surface area contributed by atoms with Crippen molar-refractivity contribution in [1.82, 2.24) is 5.32 Å². The minimum Gasteiger partial charge on any atom is -0.475 e. The first-order valence-corrected chi connectivity index (χ1v) is 5.99. The van der Waals surface area contributed by atoms with Gasteiger partial charge in [-0.25, -0.2) is 4.79 Å². The van der Waals surface area contributed by atoms with Gasteiger partial charge in [0, 0.05) is 11.1 Å². The molecule has 0 fully saturated rings. The van der Waals surface area contributed by atoms with Crippen molar-refractivity contribution in [3.05, 3.63) is 23.2 Å². The highest BCUT2D eigenvalue weighted by molar-refractivity contribution is 5.86. The summed E-state index contributed by atoms with van der Waals surface area (Å²) >= 11 is 0. The maximum Gasteiger partial charge on any atom is 0.372 e. The monoisotopic (exact) mass is 239 g/mol. The summed E-state index contributed by atoms with van der Waals surface area (Å²) in [7, 11) is 0. The Morgan fingerprint density at radius 2 is 2.06 bits per heavy atom. The Labute approximate surface area is 102 Å². The Balaban J connectivity index is 2.70. The molecular formula is C13H21NO3. The van der Waals surface area contributed by atoms with Gasteiger partial charge in [-0.15, -0.1) is 0 Å². The average molecular weight is 239 g/mol. The predicted octanol–water partition coefficient (Wildman–Crippen LogP) is 2.95. The van der Waals surface area contributed by atoms with E-state index in [1.54, 1.807) is 13.0 Å². The Morgan fingerprint density at radius 3 is 2.47 bits per heavy atom. The molecule has 0 atom stereocenters. The summed E-state index contributed by atoms with van der Waals surface area (Å²) in [5, 5.41) is 12.3. The van der Waals surface area contributed by atoms with E-state index in [4.69, 9.17) is 9.52 Å². The summed E-state index contributed by atoms with van der Waals surface area (Å²) in [5.41, 5.74) is 0.744. The first-order valence-electron chi connectivity index (χ1n) is 5.99. The highest BCUT2D eigenvalue weighted by Gasteiger charge is 2.20. The van der Waals surface area contributed by atoms with Crippen LogP contribution in [0.25, 0.3) is 0 Å². The minimum absolute atomic E-state index is 0.0384. The zero-order valence-electron chi connectivity index (χ0n) is 11.0. The Bertz CT molecular complexity index is 391. The number of furan rings is 1. The van der Waals surface area contributed by atoms with Gasteiger partial charge in [-0.1, -0.05) is 13.8 Å². The molecule has 96 valence electrons. The second-order valence-corrected chi connectivity index (χ2v) is 4.65. The van der Waals surface area contributed by atoms with Crippen LogP contribution in [-0.4, -0.2) is 16.6 Å². The van der Waals surface area contributed by atoms with E-state index in [1.807, 2.05) is 0 Å². The van der Waals surface area contributed by atoms with Crippen LogP contribution >= 0.6 is 0 Å². The van der Waals surface area contributed by atoms with Gasteiger partial charge < -0.3 is 14.8 Å². The molecule has 1 heterocycles. The number of carbonyl (C=O) groups is 1. The fourth-order valence-electron chi connectivity index (χ4n) is 1.65. The number of carboxylic acid groups (broad SMARTS) is 1. The molecule has 1 rings (SSSR count). The van der Waals surface area contributed by atoms with Crippen LogP contribution < -0.4 is 5.32 Å². The third-order valence-corrected chi connectivity index (χ3v) is 3.41. The second-order valence-electron chi connectivity index (χ2n) is 4.65. The van der Waals surface area contributed by atoms with Crippen molar-refractivity contribution in [2.75, 3.05) is 0 Å². The van der Waals surface area contributed by atoms with Crippen LogP contribution in [0, 0.1) is 6.92 Å². The topological polar surface area (TPSA) is 62.5 Å². The van der Waals surface area contributed by atoms with Crippen LogP contribution in [0.1, 0.15) is 55.5 Å². The highest BCUT2D eigenvalue weighted by Crippen LogP contribution is 2.18. The number of aromatic carboxylic acids is 1. The van der Waals surface area contributed by atoms with Crippen LogP contribution in [0.2, 0.25) is 0 Å². The Morgan fingerprint density at radius 1 is 1.47 bits per heavy atom. The van der Waals surface area contributed by atoms with Crippen molar-refractivity contribution in [1.29, 1.82) is 0 Å². The fraction of sp³-hybridized carbons (Fsp3) is 0.615. The van der Waals surface area contributed by atoms with Gasteiger partial charge in [-0.2, -0.15) is 0 Å². The van der Waals surface area contributed by atoms with Crippen LogP contribution in [-0.2, 0) is 6.54 Å². The van der Waals surface area contributed by atoms with E-state index in [1.165, 1.54) is 0 Å². The maximum atomic E-state index is 10.8. The third-order valence-electron chi connectivity index (χ3n) is 3.41. The number of hydrogen-bond donors (Lipinski definition) is 2. The van der Waals surface area contributed by atoms with Gasteiger partial charge in [0.15, 0.2) is 0 Å². The van der Waals surface area contributed by atoms with Gasteiger partial charge in [-0.05, 0) is 32.8 Å². The molecule has 0 aliphatic rings. The summed E-state index contributed by atoms with van der Waals surface area (Å²) in [5.74, 6) is -0.299. The predicted molar refractivity (Wildman–Crippen MR) is 66.2 cm³/mol. The molecule has 17 heavy (non-hydrogen) atoms. The van der Waals surface area contributed by atoms with Crippen LogP contribution in [0.15, 0.2) is 10.5 Å². The average Bonchev–Trinajstić information content (AvgIpc) is 2.68. The molecule has 1 aromatic heterocycles. The Hall–Kier alpha value is -1.29. The Kier molecular flexibility index (Phi) is 4.34. The molecular weight excluding hydrogens is 218 g/mol. The minimum atomic E-state index is -1.01. The molecule has 0 aliphatic carbocycles. The summed E-state index contributed by atoms with van der Waals surface area (Å²) in [4.78, 5) is 10.8. The number of rotatable bonds is 6. The second kappa shape index (κ2) is 5.36. The van der Waals surface area contributed by atoms with Gasteiger partial charge in [-0.3, -0.25) is 0 Å². The molecule has 0 aliphatic heterocycles. The lowest BCUT2D eigenvalue weighted by Crippen LogP contribution is -2.40. The molecule has 0 unspecified atom stereocenters. The lowest BCUT2D eigenvalue weighted by atomic mass is 9.95. The van der Waals surface area contributed by atoms with E-state index >= 15 is 0 Å². The van der Waals surface area contributed by atoms with E-state index in [2.05, 4.69) is 26.1 Å². The lowest BCUT2D eigenvalue weighted by molar-refractivity contribution is 0.0659. The quantitative estimate of drug-likeness (QED) is 0.801. The van der Waals surface area contributed by atoms with E-state index in [-0.39, 0.29) is 11.3 Å². The first-order chi connectivity index (χ1) is 7.91. The van der Waals surface area contributed by atoms with Crippen molar-refractivity contribution in [3.8, 4) is 0 Å². The van der Waals surface area contributed by atoms with Gasteiger partial charge in [0.05, 0.1) is 6.54 Å². The normalized spacial score (nSPS) is 11.8. The zero-order chi connectivity index (χ0) is 13.1. The van der Waals surface area contributed by atoms with Crippen molar-refractivity contribution in [2.45, 2.75) is 52.6 Å². The van der Waals surface area contributed by atoms with Crippen LogP contribution in [0.3, 0.4) is 0 Å². The summed E-state index contributed by atoms with van der Waals surface area (Å²) in [6.07, 6.45) is 2.05. The summed E-state index contributed by atoms with van der Waals surface area (Å²) in [6.45, 7) is 8.72. The molecule has 1 aromatic rings. The SMILES string of the molecule is CCC(C)(CC)NCc1cc(C)c(C(=O)O)o1. The number of carboxylic acids is 1. The number of hydrogen-bond acceptors (Lipinski definition) is 3. The van der Waals surface area contributed by atoms with E-state index in [0.29, 0.717) is 17.9 Å². The fourth-order valence-corrected chi connectivity index (χ4v) is 1.65. The van der Waals surface area contributed by atoms with E-state index < -0.39 is 5.97 Å². The van der Waals surface area contributed by atoms with E-state index in [9.17, 15) is 4.79 Å². The lowest BCUT2D eigenvalue weighted by Gasteiger charge is -2.27. The van der Waals surface area contributed by atoms with Crippen molar-refractivity contribution < 1.29 is 14.3 Å². The molecule has 0 bridgehead atoms. The molecule has 0 radical (unpaired) electrons. The molecule has 0 amide bonds. The molecule has 4 nitrogen and oxygen atoms in total. The smallest absolute Gasteiger partial charge is 0.372 e. The van der Waals surface area contributed by atoms with E-state index in [0.717, 1.165) is 12.8 Å². The molecule has 0 aromatic carbocycles. The van der Waals surface area contributed by atoms with Crippen molar-refractivity contribution in [3.63, 3.8) is 0 Å². The number of aryl methyl sites for hydroxylation is 1. The van der Waals surface area contributed by atoms with Gasteiger partial charge in [0.1, 0.15) is 5.76 Å². The molecule has 0 saturated carbocycles. The molecule has 2 N–H and O–H groups in total. The van der Waals surface area contributed by atoms with Gasteiger partial charge in [0.25, 0.3) is 0 Å². The molecule has 0 spiro atoms. The van der Waals surface area contributed by atoms with Crippen molar-refractivity contribution >= 4 is 5.97 Å². The highest BCUT2D eigenvalue weighted by atomic mass is 16.4. The summed E-state index contributed by atoms with van der Waals surface area (Å²) in [6, 6.07) is 1.78. The maximum absolute atomic E-state index is 10.8. The molecule has 0 saturated heterocycles. The van der Waals surface area contributed by atoms with Crippen LogP contribution in [0.5, 0.6) is 0 Å². The summed E-state index contributed by atoms with van der Waals surface area (Å²) < 4.78 is 5.30. The third kappa shape index (κ3) is 3.33. The van der Waals surface area contributed by atoms with Crippen molar-refractivity contribution in [2.24, 2.45) is 0 Å². The standard InChI is InChI=1S/C13H21NO3/c1-5-13(4,6-2)14-8-10-7-9(3)11(17-10)12(15)16/h7,14H,5-6,8H2,1-4H3,(H,15,16).